The normalized spacial score (nSPS) is 12.0. The minimum absolute atomic E-state index is 0.647. The number of fused-ring (bicyclic) bond motifs is 10. The van der Waals surface area contributed by atoms with Gasteiger partial charge in [-0.25, -0.2) is 9.97 Å². The van der Waals surface area contributed by atoms with Crippen molar-refractivity contribution in [3.63, 3.8) is 0 Å². The smallest absolute Gasteiger partial charge is 0.235 e. The third kappa shape index (κ3) is 3.27. The van der Waals surface area contributed by atoms with Crippen LogP contribution in [0.4, 0.5) is 0 Å². The molecular weight excluding hydrogens is 570 g/mol. The van der Waals surface area contributed by atoms with Gasteiger partial charge in [0.05, 0.1) is 22.2 Å². The Kier molecular flexibility index (Phi) is 4.72. The predicted octanol–water partition coefficient (Wildman–Crippen LogP) is 10.2. The zero-order valence-electron chi connectivity index (χ0n) is 21.7. The molecule has 0 amide bonds. The zero-order chi connectivity index (χ0) is 27.1. The molecule has 0 aliphatic heterocycles. The van der Waals surface area contributed by atoms with Crippen LogP contribution < -0.4 is 0 Å². The molecule has 0 spiro atoms. The van der Waals surface area contributed by atoms with Crippen LogP contribution in [0.1, 0.15) is 0 Å². The fraction of sp³-hybridized carbons (Fsp3) is 0. The molecule has 6 aromatic carbocycles. The van der Waals surface area contributed by atoms with E-state index in [9.17, 15) is 0 Å². The molecule has 41 heavy (non-hydrogen) atoms. The number of furan rings is 1. The molecule has 9 rings (SSSR count). The van der Waals surface area contributed by atoms with E-state index in [1.807, 2.05) is 30.3 Å². The van der Waals surface area contributed by atoms with E-state index in [4.69, 9.17) is 14.4 Å². The van der Waals surface area contributed by atoms with Gasteiger partial charge < -0.3 is 4.42 Å². The summed E-state index contributed by atoms with van der Waals surface area (Å²) in [5.74, 6) is 0.647. The Labute approximate surface area is 242 Å². The van der Waals surface area contributed by atoms with Gasteiger partial charge in [0.15, 0.2) is 0 Å². The van der Waals surface area contributed by atoms with Crippen LogP contribution in [0.15, 0.2) is 130 Å². The van der Waals surface area contributed by atoms with Crippen molar-refractivity contribution in [3.8, 4) is 17.2 Å². The van der Waals surface area contributed by atoms with E-state index in [2.05, 4.69) is 111 Å². The number of aromatic nitrogens is 3. The van der Waals surface area contributed by atoms with Gasteiger partial charge in [0.25, 0.3) is 0 Å². The Morgan fingerprint density at radius 2 is 1.32 bits per heavy atom. The highest BCUT2D eigenvalue weighted by molar-refractivity contribution is 9.10. The van der Waals surface area contributed by atoms with Crippen LogP contribution in [0.3, 0.4) is 0 Å². The molecule has 4 nitrogen and oxygen atoms in total. The monoisotopic (exact) mass is 589 g/mol. The molecule has 0 aliphatic rings. The molecule has 0 N–H and O–H groups in total. The molecule has 5 heteroatoms. The second kappa shape index (κ2) is 8.50. The lowest BCUT2D eigenvalue weighted by atomic mass is 9.99. The predicted molar refractivity (Wildman–Crippen MR) is 172 cm³/mol. The molecule has 0 atom stereocenters. The topological polar surface area (TPSA) is 43.9 Å². The van der Waals surface area contributed by atoms with Crippen LogP contribution in [0.2, 0.25) is 0 Å². The molecule has 0 saturated carbocycles. The second-order valence-corrected chi connectivity index (χ2v) is 11.3. The molecule has 0 saturated heterocycles. The van der Waals surface area contributed by atoms with Crippen LogP contribution >= 0.6 is 15.9 Å². The van der Waals surface area contributed by atoms with E-state index >= 15 is 0 Å². The van der Waals surface area contributed by atoms with Crippen molar-refractivity contribution in [3.05, 3.63) is 126 Å². The van der Waals surface area contributed by atoms with E-state index in [-0.39, 0.29) is 0 Å². The first-order valence-corrected chi connectivity index (χ1v) is 14.3. The van der Waals surface area contributed by atoms with E-state index in [0.717, 1.165) is 70.4 Å². The van der Waals surface area contributed by atoms with E-state index in [1.165, 1.54) is 10.8 Å². The van der Waals surface area contributed by atoms with Crippen molar-refractivity contribution in [2.75, 3.05) is 0 Å². The maximum atomic E-state index is 6.31. The molecule has 9 aromatic rings. The number of hydrogen-bond acceptors (Lipinski definition) is 3. The van der Waals surface area contributed by atoms with Crippen LogP contribution in [0, 0.1) is 0 Å². The van der Waals surface area contributed by atoms with Crippen molar-refractivity contribution in [2.24, 2.45) is 0 Å². The maximum Gasteiger partial charge on any atom is 0.235 e. The fourth-order valence-corrected chi connectivity index (χ4v) is 6.67. The SMILES string of the molecule is Brc1ccc2c(c1)c1c3c(ccc4oc5ccccc5c43)ccc1n2-c1nc(-c2ccccc2)c2ccccc2n1. The first kappa shape index (κ1) is 22.8. The number of benzene rings is 6. The van der Waals surface area contributed by atoms with Gasteiger partial charge in [-0.1, -0.05) is 94.8 Å². The van der Waals surface area contributed by atoms with Gasteiger partial charge in [-0.15, -0.1) is 0 Å². The van der Waals surface area contributed by atoms with Crippen LogP contribution in [-0.2, 0) is 0 Å². The fourth-order valence-electron chi connectivity index (χ4n) is 6.31. The first-order chi connectivity index (χ1) is 20.2. The molecule has 3 aromatic heterocycles. The lowest BCUT2D eigenvalue weighted by Crippen LogP contribution is -2.03. The zero-order valence-corrected chi connectivity index (χ0v) is 23.3. The van der Waals surface area contributed by atoms with Crippen molar-refractivity contribution in [1.82, 2.24) is 14.5 Å². The van der Waals surface area contributed by atoms with E-state index < -0.39 is 0 Å². The van der Waals surface area contributed by atoms with Crippen molar-refractivity contribution in [1.29, 1.82) is 0 Å². The summed E-state index contributed by atoms with van der Waals surface area (Å²) in [6.07, 6.45) is 0. The minimum atomic E-state index is 0.647. The summed E-state index contributed by atoms with van der Waals surface area (Å²) < 4.78 is 9.54. The van der Waals surface area contributed by atoms with E-state index in [0.29, 0.717) is 5.95 Å². The Bertz CT molecular complexity index is 2490. The van der Waals surface area contributed by atoms with Gasteiger partial charge in [0.1, 0.15) is 11.2 Å². The van der Waals surface area contributed by atoms with Crippen LogP contribution in [0.5, 0.6) is 0 Å². The van der Waals surface area contributed by atoms with Crippen LogP contribution in [0.25, 0.3) is 82.6 Å². The quantitative estimate of drug-likeness (QED) is 0.201. The van der Waals surface area contributed by atoms with Gasteiger partial charge in [-0.05, 0) is 47.9 Å². The molecule has 0 bridgehead atoms. The third-order valence-corrected chi connectivity index (χ3v) is 8.54. The van der Waals surface area contributed by atoms with Gasteiger partial charge >= 0.3 is 0 Å². The van der Waals surface area contributed by atoms with Gasteiger partial charge in [0, 0.05) is 42.4 Å². The summed E-state index contributed by atoms with van der Waals surface area (Å²) in [5, 5.41) is 7.92. The summed E-state index contributed by atoms with van der Waals surface area (Å²) in [6.45, 7) is 0. The van der Waals surface area contributed by atoms with Crippen LogP contribution in [-0.4, -0.2) is 14.5 Å². The lowest BCUT2D eigenvalue weighted by molar-refractivity contribution is 0.669. The molecule has 0 radical (unpaired) electrons. The Morgan fingerprint density at radius 3 is 2.22 bits per heavy atom. The highest BCUT2D eigenvalue weighted by Crippen LogP contribution is 2.43. The molecule has 0 aliphatic carbocycles. The molecule has 3 heterocycles. The summed E-state index contributed by atoms with van der Waals surface area (Å²) in [6, 6.07) is 41.9. The van der Waals surface area contributed by atoms with Gasteiger partial charge in [-0.2, -0.15) is 0 Å². The highest BCUT2D eigenvalue weighted by Gasteiger charge is 2.21. The number of hydrogen-bond donors (Lipinski definition) is 0. The summed E-state index contributed by atoms with van der Waals surface area (Å²) in [4.78, 5) is 10.4. The highest BCUT2D eigenvalue weighted by atomic mass is 79.9. The molecule has 0 unspecified atom stereocenters. The Hall–Kier alpha value is -5.00. The lowest BCUT2D eigenvalue weighted by Gasteiger charge is -2.12. The maximum absolute atomic E-state index is 6.31. The summed E-state index contributed by atoms with van der Waals surface area (Å²) in [7, 11) is 0. The molecule has 192 valence electrons. The average Bonchev–Trinajstić information content (AvgIpc) is 3.56. The van der Waals surface area contributed by atoms with Gasteiger partial charge in [0.2, 0.25) is 5.95 Å². The standard InChI is InChI=1S/C36H20BrN3O/c37-23-16-18-28-26(20-23)33-29(17-14-21-15-19-31-34(32(21)33)25-11-5-7-13-30(25)41-31)40(28)36-38-27-12-6-4-10-24(27)35(39-36)22-8-2-1-3-9-22/h1-20H. The number of halogens is 1. The summed E-state index contributed by atoms with van der Waals surface area (Å²) in [5.41, 5.74) is 6.77. The third-order valence-electron chi connectivity index (χ3n) is 8.05. The van der Waals surface area contributed by atoms with Crippen molar-refractivity contribution in [2.45, 2.75) is 0 Å². The number of para-hydroxylation sites is 2. The summed E-state index contributed by atoms with van der Waals surface area (Å²) >= 11 is 3.75. The average molecular weight is 590 g/mol. The van der Waals surface area contributed by atoms with Crippen molar-refractivity contribution < 1.29 is 4.42 Å². The molecule has 0 fully saturated rings. The number of rotatable bonds is 2. The minimum Gasteiger partial charge on any atom is -0.456 e. The second-order valence-electron chi connectivity index (χ2n) is 10.3. The Morgan fingerprint density at radius 1 is 0.561 bits per heavy atom. The molecular formula is C36H20BrN3O. The Balaban J connectivity index is 1.48. The first-order valence-electron chi connectivity index (χ1n) is 13.5. The largest absolute Gasteiger partial charge is 0.456 e. The number of nitrogens with zero attached hydrogens (tertiary/aromatic N) is 3. The van der Waals surface area contributed by atoms with Crippen molar-refractivity contribution >= 4 is 81.3 Å². The van der Waals surface area contributed by atoms with E-state index in [1.54, 1.807) is 0 Å². The van der Waals surface area contributed by atoms with Gasteiger partial charge in [-0.3, -0.25) is 4.57 Å².